The topological polar surface area (TPSA) is 144 Å². The summed E-state index contributed by atoms with van der Waals surface area (Å²) in [6, 6.07) is 23.0. The third-order valence-electron chi connectivity index (χ3n) is 8.01. The average Bonchev–Trinajstić information content (AvgIpc) is 3.11. The lowest BCUT2D eigenvalue weighted by Crippen LogP contribution is -2.49. The highest BCUT2D eigenvalue weighted by Crippen LogP contribution is 2.23. The van der Waals surface area contributed by atoms with Crippen molar-refractivity contribution in [1.82, 2.24) is 10.6 Å². The molecule has 0 heterocycles. The monoisotopic (exact) mass is 725 g/mol. The van der Waals surface area contributed by atoms with Gasteiger partial charge in [0.25, 0.3) is 11.8 Å². The number of para-hydroxylation sites is 1. The van der Waals surface area contributed by atoms with Crippen LogP contribution in [0.15, 0.2) is 97.1 Å². The molecule has 11 nitrogen and oxygen atoms in total. The number of carbonyl (C=O) groups excluding carboxylic acids is 2. The molecule has 4 rings (SSSR count). The van der Waals surface area contributed by atoms with E-state index in [1.807, 2.05) is 36.4 Å². The minimum atomic E-state index is -3.81. The van der Waals surface area contributed by atoms with Gasteiger partial charge in [-0.2, -0.15) is 0 Å². The Morgan fingerprint density at radius 1 is 0.804 bits per heavy atom. The second-order valence-corrected chi connectivity index (χ2v) is 13.9. The van der Waals surface area contributed by atoms with E-state index in [0.717, 1.165) is 28.3 Å². The zero-order valence-corrected chi connectivity index (χ0v) is 29.4. The highest BCUT2D eigenvalue weighted by atomic mass is 32.2. The molecule has 0 spiro atoms. The number of sulfonamides is 1. The fraction of sp³-hybridized carbons (Fsp3) is 0.297. The quantitative estimate of drug-likeness (QED) is 0.140. The van der Waals surface area contributed by atoms with E-state index in [0.29, 0.717) is 11.8 Å². The number of hydrogen-bond acceptors (Lipinski definition) is 8. The fourth-order valence-electron chi connectivity index (χ4n) is 5.02. The van der Waals surface area contributed by atoms with Gasteiger partial charge in [0.2, 0.25) is 10.0 Å². The third kappa shape index (κ3) is 11.5. The van der Waals surface area contributed by atoms with Crippen LogP contribution in [-0.2, 0) is 14.8 Å². The number of benzene rings is 4. The summed E-state index contributed by atoms with van der Waals surface area (Å²) in [5.74, 6) is -2.74. The van der Waals surface area contributed by atoms with Crippen LogP contribution in [0.5, 0.6) is 11.5 Å². The van der Waals surface area contributed by atoms with E-state index in [4.69, 9.17) is 14.2 Å². The Kier molecular flexibility index (Phi) is 13.5. The van der Waals surface area contributed by atoms with Crippen molar-refractivity contribution in [2.24, 2.45) is 0 Å². The summed E-state index contributed by atoms with van der Waals surface area (Å²) in [6.45, 7) is 1.40. The maximum atomic E-state index is 13.9. The molecule has 0 saturated heterocycles. The maximum Gasteiger partial charge on any atom is 0.251 e. The molecule has 272 valence electrons. The SMILES string of the molecule is CO[C@@H](COc1ccccc1)C[C@H](O)[C@H](COc1cc(F)cc(F)c1)NC(=O)c1cc(C(=O)N[C@H](C)c2ccccc2)cc(N(C)S(C)(=O)=O)c1. The van der Waals surface area contributed by atoms with Crippen LogP contribution in [0.3, 0.4) is 0 Å². The Balaban J connectivity index is 1.61. The molecule has 0 saturated carbocycles. The molecule has 0 aliphatic heterocycles. The zero-order valence-electron chi connectivity index (χ0n) is 28.6. The predicted octanol–water partition coefficient (Wildman–Crippen LogP) is 4.87. The molecule has 0 bridgehead atoms. The number of hydrogen-bond donors (Lipinski definition) is 3. The predicted molar refractivity (Wildman–Crippen MR) is 188 cm³/mol. The smallest absolute Gasteiger partial charge is 0.251 e. The van der Waals surface area contributed by atoms with E-state index in [-0.39, 0.29) is 35.6 Å². The number of ether oxygens (including phenoxy) is 3. The molecule has 0 unspecified atom stereocenters. The number of aliphatic hydroxyl groups excluding tert-OH is 1. The molecule has 0 aliphatic carbocycles. The highest BCUT2D eigenvalue weighted by Gasteiger charge is 2.28. The number of nitrogens with zero attached hydrogens (tertiary/aromatic N) is 1. The number of amides is 2. The van der Waals surface area contributed by atoms with E-state index >= 15 is 0 Å². The van der Waals surface area contributed by atoms with Crippen LogP contribution in [0.1, 0.15) is 45.7 Å². The van der Waals surface area contributed by atoms with Crippen molar-refractivity contribution in [2.75, 3.05) is 37.9 Å². The summed E-state index contributed by atoms with van der Waals surface area (Å²) in [7, 11) is -1.10. The van der Waals surface area contributed by atoms with E-state index in [1.54, 1.807) is 31.2 Å². The Morgan fingerprint density at radius 2 is 1.35 bits per heavy atom. The molecule has 0 radical (unpaired) electrons. The maximum absolute atomic E-state index is 13.9. The van der Waals surface area contributed by atoms with E-state index in [1.165, 1.54) is 32.4 Å². The minimum Gasteiger partial charge on any atom is -0.491 e. The lowest BCUT2D eigenvalue weighted by atomic mass is 10.0. The van der Waals surface area contributed by atoms with Gasteiger partial charge in [-0.15, -0.1) is 0 Å². The Bertz CT molecular complexity index is 1860. The number of anilines is 1. The van der Waals surface area contributed by atoms with Crippen molar-refractivity contribution in [3.63, 3.8) is 0 Å². The molecule has 4 atom stereocenters. The molecule has 4 aromatic carbocycles. The molecule has 0 fully saturated rings. The van der Waals surface area contributed by atoms with Gasteiger partial charge < -0.3 is 30.0 Å². The normalized spacial score (nSPS) is 13.7. The van der Waals surface area contributed by atoms with Gasteiger partial charge in [0.05, 0.1) is 36.2 Å². The van der Waals surface area contributed by atoms with Gasteiger partial charge in [-0.1, -0.05) is 48.5 Å². The van der Waals surface area contributed by atoms with Crippen molar-refractivity contribution < 1.29 is 46.1 Å². The van der Waals surface area contributed by atoms with Crippen LogP contribution in [0.25, 0.3) is 0 Å². The van der Waals surface area contributed by atoms with Gasteiger partial charge in [0, 0.05) is 49.9 Å². The summed E-state index contributed by atoms with van der Waals surface area (Å²) < 4.78 is 70.5. The minimum absolute atomic E-state index is 0.00276. The second kappa shape index (κ2) is 17.7. The Labute approximate surface area is 296 Å². The molecule has 51 heavy (non-hydrogen) atoms. The fourth-order valence-corrected chi connectivity index (χ4v) is 5.51. The van der Waals surface area contributed by atoms with Gasteiger partial charge >= 0.3 is 0 Å². The summed E-state index contributed by atoms with van der Waals surface area (Å²) >= 11 is 0. The number of rotatable bonds is 17. The average molecular weight is 726 g/mol. The summed E-state index contributed by atoms with van der Waals surface area (Å²) in [5.41, 5.74) is 0.748. The van der Waals surface area contributed by atoms with Crippen LogP contribution in [0.2, 0.25) is 0 Å². The van der Waals surface area contributed by atoms with Crippen LogP contribution in [0.4, 0.5) is 14.5 Å². The van der Waals surface area contributed by atoms with Crippen molar-refractivity contribution in [3.8, 4) is 11.5 Å². The van der Waals surface area contributed by atoms with Crippen LogP contribution in [0, 0.1) is 11.6 Å². The van der Waals surface area contributed by atoms with E-state index < -0.39 is 64.4 Å². The molecule has 2 amide bonds. The molecule has 3 N–H and O–H groups in total. The lowest BCUT2D eigenvalue weighted by molar-refractivity contribution is 0.0000810. The van der Waals surface area contributed by atoms with Crippen LogP contribution < -0.4 is 24.4 Å². The first kappa shape index (κ1) is 38.7. The van der Waals surface area contributed by atoms with Gasteiger partial charge in [0.1, 0.15) is 36.3 Å². The Morgan fingerprint density at radius 3 is 1.92 bits per heavy atom. The van der Waals surface area contributed by atoms with Gasteiger partial charge in [-0.05, 0) is 42.8 Å². The Hall–Kier alpha value is -5.05. The molecule has 0 aromatic heterocycles. The number of methoxy groups -OCH3 is 1. The van der Waals surface area contributed by atoms with Crippen molar-refractivity contribution in [3.05, 3.63) is 125 Å². The van der Waals surface area contributed by atoms with Crippen LogP contribution >= 0.6 is 0 Å². The highest BCUT2D eigenvalue weighted by molar-refractivity contribution is 7.92. The van der Waals surface area contributed by atoms with Crippen molar-refractivity contribution in [1.29, 1.82) is 0 Å². The van der Waals surface area contributed by atoms with Crippen molar-refractivity contribution in [2.45, 2.75) is 37.6 Å². The first-order valence-corrected chi connectivity index (χ1v) is 17.8. The zero-order chi connectivity index (χ0) is 37.1. The summed E-state index contributed by atoms with van der Waals surface area (Å²) in [5, 5.41) is 16.9. The van der Waals surface area contributed by atoms with Gasteiger partial charge in [0.15, 0.2) is 0 Å². The first-order chi connectivity index (χ1) is 24.2. The lowest BCUT2D eigenvalue weighted by Gasteiger charge is -2.27. The number of aliphatic hydroxyl groups is 1. The largest absolute Gasteiger partial charge is 0.491 e. The number of nitrogens with one attached hydrogen (secondary N) is 2. The molecule has 14 heteroatoms. The number of halogens is 2. The van der Waals surface area contributed by atoms with Crippen molar-refractivity contribution >= 4 is 27.5 Å². The molecule has 4 aromatic rings. The van der Waals surface area contributed by atoms with E-state index in [2.05, 4.69) is 10.6 Å². The molecular weight excluding hydrogens is 684 g/mol. The van der Waals surface area contributed by atoms with E-state index in [9.17, 15) is 31.9 Å². The summed E-state index contributed by atoms with van der Waals surface area (Å²) in [6.07, 6.45) is -1.08. The summed E-state index contributed by atoms with van der Waals surface area (Å²) in [4.78, 5) is 27.3. The standard InChI is InChI=1S/C37H41F2N3O8S/c1-24(25-11-7-5-8-12-25)40-36(44)26-15-27(17-30(16-26)42(2)51(4,46)47)37(45)41-34(23-50-32-19-28(38)18-29(39)20-32)35(43)21-33(48-3)22-49-31-13-9-6-10-14-31/h5-20,24,33-35,43H,21-23H2,1-4H3,(H,40,44)(H,41,45)/t24-,33-,34+,35+/m1/s1. The van der Waals surface area contributed by atoms with Crippen LogP contribution in [-0.4, -0.2) is 77.2 Å². The first-order valence-electron chi connectivity index (χ1n) is 16.0. The third-order valence-corrected chi connectivity index (χ3v) is 9.22. The molecule has 0 aliphatic rings. The second-order valence-electron chi connectivity index (χ2n) is 11.9. The number of carbonyl (C=O) groups is 2. The molecular formula is C37H41F2N3O8S. The van der Waals surface area contributed by atoms with Gasteiger partial charge in [-0.3, -0.25) is 13.9 Å². The van der Waals surface area contributed by atoms with Gasteiger partial charge in [-0.25, -0.2) is 17.2 Å².